The van der Waals surface area contributed by atoms with E-state index in [0.29, 0.717) is 0 Å². The third kappa shape index (κ3) is 2.42. The van der Waals surface area contributed by atoms with Gasteiger partial charge < -0.3 is 10.2 Å². The third-order valence-electron chi connectivity index (χ3n) is 2.94. The molecule has 0 aliphatic carbocycles. The highest BCUT2D eigenvalue weighted by Crippen LogP contribution is 2.32. The summed E-state index contributed by atoms with van der Waals surface area (Å²) in [6.45, 7) is 0. The van der Waals surface area contributed by atoms with Crippen molar-refractivity contribution in [1.82, 2.24) is 9.97 Å². The second kappa shape index (κ2) is 5.26. The summed E-state index contributed by atoms with van der Waals surface area (Å²) < 4.78 is 0. The van der Waals surface area contributed by atoms with Crippen LogP contribution in [0.3, 0.4) is 0 Å². The molecule has 1 aromatic carbocycles. The Labute approximate surface area is 126 Å². The summed E-state index contributed by atoms with van der Waals surface area (Å²) in [5, 5.41) is 6.57. The molecule has 102 valence electrons. The fourth-order valence-corrected chi connectivity index (χ4v) is 3.00. The smallest absolute Gasteiger partial charge is 0.225 e. The topological polar surface area (TPSA) is 41.0 Å². The van der Waals surface area contributed by atoms with Crippen LogP contribution in [0.15, 0.2) is 35.7 Å². The summed E-state index contributed by atoms with van der Waals surface area (Å²) in [4.78, 5) is 11.5. The van der Waals surface area contributed by atoms with E-state index in [4.69, 9.17) is 11.6 Å². The maximum Gasteiger partial charge on any atom is 0.225 e. The number of hydrogen-bond acceptors (Lipinski definition) is 5. The number of rotatable bonds is 3. The minimum absolute atomic E-state index is 0.254. The molecule has 2 aromatic heterocycles. The molecule has 0 radical (unpaired) electrons. The molecule has 0 bridgehead atoms. The van der Waals surface area contributed by atoms with Crippen molar-refractivity contribution in [2.75, 3.05) is 24.3 Å². The Morgan fingerprint density at radius 1 is 1.15 bits per heavy atom. The second-order valence-electron chi connectivity index (χ2n) is 4.52. The summed E-state index contributed by atoms with van der Waals surface area (Å²) in [5.74, 6) is 0.732. The van der Waals surface area contributed by atoms with Crippen molar-refractivity contribution in [3.05, 3.63) is 41.0 Å². The molecule has 6 heteroatoms. The summed E-state index contributed by atoms with van der Waals surface area (Å²) in [6.07, 6.45) is 0. The quantitative estimate of drug-likeness (QED) is 0.738. The lowest BCUT2D eigenvalue weighted by Crippen LogP contribution is -2.11. The number of para-hydroxylation sites is 2. The molecule has 0 aliphatic rings. The molecule has 3 rings (SSSR count). The molecule has 4 nitrogen and oxygen atoms in total. The average Bonchev–Trinajstić information content (AvgIpc) is 2.87. The molecule has 0 aliphatic heterocycles. The molecule has 1 N–H and O–H groups in total. The van der Waals surface area contributed by atoms with E-state index >= 15 is 0 Å². The van der Waals surface area contributed by atoms with Gasteiger partial charge in [0.25, 0.3) is 0 Å². The SMILES string of the molecule is CN(C)c1ccccc1Nc1nc(Cl)nc2sccc12. The minimum atomic E-state index is 0.254. The normalized spacial score (nSPS) is 10.8. The van der Waals surface area contributed by atoms with Crippen LogP contribution in [-0.4, -0.2) is 24.1 Å². The van der Waals surface area contributed by atoms with Gasteiger partial charge in [-0.3, -0.25) is 0 Å². The maximum atomic E-state index is 5.98. The van der Waals surface area contributed by atoms with Crippen molar-refractivity contribution in [3.8, 4) is 0 Å². The highest BCUT2D eigenvalue weighted by molar-refractivity contribution is 7.16. The van der Waals surface area contributed by atoms with E-state index in [1.807, 2.05) is 43.7 Å². The number of halogens is 1. The van der Waals surface area contributed by atoms with E-state index in [-0.39, 0.29) is 5.28 Å². The molecule has 0 amide bonds. The van der Waals surface area contributed by atoms with E-state index in [1.54, 1.807) is 11.3 Å². The van der Waals surface area contributed by atoms with Gasteiger partial charge in [-0.05, 0) is 35.2 Å². The van der Waals surface area contributed by atoms with Crippen molar-refractivity contribution in [2.45, 2.75) is 0 Å². The Balaban J connectivity index is 2.08. The van der Waals surface area contributed by atoms with Gasteiger partial charge in [-0.1, -0.05) is 12.1 Å². The lowest BCUT2D eigenvalue weighted by molar-refractivity contribution is 1.13. The molecule has 0 atom stereocenters. The number of aromatic nitrogens is 2. The van der Waals surface area contributed by atoms with Gasteiger partial charge in [0, 0.05) is 14.1 Å². The number of nitrogens with zero attached hydrogens (tertiary/aromatic N) is 3. The Bertz CT molecular complexity index is 754. The summed E-state index contributed by atoms with van der Waals surface area (Å²) in [7, 11) is 4.02. The molecule has 20 heavy (non-hydrogen) atoms. The number of fused-ring (bicyclic) bond motifs is 1. The molecule has 0 saturated carbocycles. The predicted octanol–water partition coefficient (Wildman–Crippen LogP) is 4.15. The predicted molar refractivity (Wildman–Crippen MR) is 86.5 cm³/mol. The van der Waals surface area contributed by atoms with Crippen LogP contribution >= 0.6 is 22.9 Å². The highest BCUT2D eigenvalue weighted by atomic mass is 35.5. The molecule has 0 spiro atoms. The molecular formula is C14H13ClN4S. The van der Waals surface area contributed by atoms with Crippen molar-refractivity contribution in [1.29, 1.82) is 0 Å². The van der Waals surface area contributed by atoms with Crippen LogP contribution in [0.25, 0.3) is 10.2 Å². The van der Waals surface area contributed by atoms with Gasteiger partial charge in [-0.2, -0.15) is 4.98 Å². The van der Waals surface area contributed by atoms with Crippen LogP contribution in [0, 0.1) is 0 Å². The summed E-state index contributed by atoms with van der Waals surface area (Å²) in [6, 6.07) is 10.1. The van der Waals surface area contributed by atoms with E-state index in [2.05, 4.69) is 26.3 Å². The number of nitrogens with one attached hydrogen (secondary N) is 1. The van der Waals surface area contributed by atoms with Gasteiger partial charge in [-0.15, -0.1) is 11.3 Å². The molecule has 0 fully saturated rings. The Kier molecular flexibility index (Phi) is 3.46. The first-order valence-electron chi connectivity index (χ1n) is 6.09. The number of anilines is 3. The fraction of sp³-hybridized carbons (Fsp3) is 0.143. The Morgan fingerprint density at radius 2 is 1.95 bits per heavy atom. The van der Waals surface area contributed by atoms with Gasteiger partial charge in [0.05, 0.1) is 16.8 Å². The van der Waals surface area contributed by atoms with Gasteiger partial charge in [-0.25, -0.2) is 4.98 Å². The van der Waals surface area contributed by atoms with Crippen LogP contribution in [0.1, 0.15) is 0 Å². The van der Waals surface area contributed by atoms with Crippen LogP contribution in [0.5, 0.6) is 0 Å². The number of hydrogen-bond donors (Lipinski definition) is 1. The van der Waals surface area contributed by atoms with Crippen LogP contribution < -0.4 is 10.2 Å². The first kappa shape index (κ1) is 13.1. The van der Waals surface area contributed by atoms with E-state index in [1.165, 1.54) is 0 Å². The van der Waals surface area contributed by atoms with Crippen LogP contribution in [0.2, 0.25) is 5.28 Å². The first-order chi connectivity index (χ1) is 9.65. The van der Waals surface area contributed by atoms with E-state index in [9.17, 15) is 0 Å². The zero-order chi connectivity index (χ0) is 14.1. The average molecular weight is 305 g/mol. The van der Waals surface area contributed by atoms with Crippen molar-refractivity contribution in [2.24, 2.45) is 0 Å². The van der Waals surface area contributed by atoms with Gasteiger partial charge in [0.15, 0.2) is 0 Å². The first-order valence-corrected chi connectivity index (χ1v) is 7.35. The molecule has 3 aromatic rings. The number of benzene rings is 1. The lowest BCUT2D eigenvalue weighted by Gasteiger charge is -2.18. The summed E-state index contributed by atoms with van der Waals surface area (Å²) in [5.41, 5.74) is 2.07. The number of thiophene rings is 1. The largest absolute Gasteiger partial charge is 0.376 e. The maximum absolute atomic E-state index is 5.98. The lowest BCUT2D eigenvalue weighted by atomic mass is 10.2. The molecule has 0 saturated heterocycles. The second-order valence-corrected chi connectivity index (χ2v) is 5.75. The zero-order valence-corrected chi connectivity index (χ0v) is 12.7. The monoisotopic (exact) mass is 304 g/mol. The zero-order valence-electron chi connectivity index (χ0n) is 11.1. The van der Waals surface area contributed by atoms with Gasteiger partial charge in [0.1, 0.15) is 10.6 Å². The Hall–Kier alpha value is -1.85. The summed E-state index contributed by atoms with van der Waals surface area (Å²) >= 11 is 7.53. The van der Waals surface area contributed by atoms with E-state index < -0.39 is 0 Å². The van der Waals surface area contributed by atoms with Crippen molar-refractivity contribution >= 4 is 50.3 Å². The third-order valence-corrected chi connectivity index (χ3v) is 3.91. The molecular weight excluding hydrogens is 292 g/mol. The van der Waals surface area contributed by atoms with Crippen LogP contribution in [-0.2, 0) is 0 Å². The molecule has 0 unspecified atom stereocenters. The van der Waals surface area contributed by atoms with E-state index in [0.717, 1.165) is 27.4 Å². The van der Waals surface area contributed by atoms with Crippen LogP contribution in [0.4, 0.5) is 17.2 Å². The standard InChI is InChI=1S/C14H13ClN4S/c1-19(2)11-6-4-3-5-10(11)16-12-9-7-8-20-13(9)18-14(15)17-12/h3-8H,1-2H3,(H,16,17,18). The Morgan fingerprint density at radius 3 is 2.75 bits per heavy atom. The minimum Gasteiger partial charge on any atom is -0.376 e. The van der Waals surface area contributed by atoms with Gasteiger partial charge in [0.2, 0.25) is 5.28 Å². The highest BCUT2D eigenvalue weighted by Gasteiger charge is 2.10. The van der Waals surface area contributed by atoms with Gasteiger partial charge >= 0.3 is 0 Å². The van der Waals surface area contributed by atoms with Crippen molar-refractivity contribution in [3.63, 3.8) is 0 Å². The molecule has 2 heterocycles. The van der Waals surface area contributed by atoms with Crippen molar-refractivity contribution < 1.29 is 0 Å². The fourth-order valence-electron chi connectivity index (χ4n) is 2.02.